The van der Waals surface area contributed by atoms with Crippen LogP contribution < -0.4 is 15.5 Å². The first-order valence-electron chi connectivity index (χ1n) is 14.1. The summed E-state index contributed by atoms with van der Waals surface area (Å²) < 4.78 is 5.53. The Labute approximate surface area is 236 Å². The number of amides is 1. The Morgan fingerprint density at radius 3 is 2.41 bits per heavy atom. The van der Waals surface area contributed by atoms with Gasteiger partial charge in [0.05, 0.1) is 13.2 Å². The maximum absolute atomic E-state index is 13.7. The van der Waals surface area contributed by atoms with E-state index in [1.54, 1.807) is 11.3 Å². The number of anilines is 3. The molecular formula is C32H40N4O2S. The van der Waals surface area contributed by atoms with Gasteiger partial charge in [0, 0.05) is 42.8 Å². The average molecular weight is 545 g/mol. The number of carbonyl (C=O) groups is 1. The quantitative estimate of drug-likeness (QED) is 0.317. The minimum atomic E-state index is -0.258. The molecule has 1 atom stereocenters. The van der Waals surface area contributed by atoms with E-state index in [9.17, 15) is 4.79 Å². The lowest BCUT2D eigenvalue weighted by Crippen LogP contribution is -2.36. The molecular weight excluding hydrogens is 504 g/mol. The van der Waals surface area contributed by atoms with Crippen molar-refractivity contribution in [1.29, 1.82) is 0 Å². The monoisotopic (exact) mass is 544 g/mol. The zero-order valence-electron chi connectivity index (χ0n) is 23.3. The van der Waals surface area contributed by atoms with Crippen LogP contribution in [-0.4, -0.2) is 57.2 Å². The van der Waals surface area contributed by atoms with Crippen molar-refractivity contribution in [2.75, 3.05) is 62.0 Å². The van der Waals surface area contributed by atoms with E-state index >= 15 is 0 Å². The molecule has 3 heterocycles. The van der Waals surface area contributed by atoms with Gasteiger partial charge in [0.25, 0.3) is 0 Å². The van der Waals surface area contributed by atoms with E-state index in [2.05, 4.69) is 87.5 Å². The van der Waals surface area contributed by atoms with Gasteiger partial charge in [0.1, 0.15) is 6.04 Å². The van der Waals surface area contributed by atoms with Crippen molar-refractivity contribution in [2.45, 2.75) is 39.2 Å². The summed E-state index contributed by atoms with van der Waals surface area (Å²) in [7, 11) is 1.96. The molecule has 5 rings (SSSR count). The van der Waals surface area contributed by atoms with Crippen LogP contribution in [0.25, 0.3) is 5.57 Å². The third-order valence-corrected chi connectivity index (χ3v) is 8.63. The highest BCUT2D eigenvalue weighted by Crippen LogP contribution is 2.36. The highest BCUT2D eigenvalue weighted by molar-refractivity contribution is 7.08. The Hall–Kier alpha value is -3.13. The maximum Gasteiger partial charge on any atom is 0.246 e. The standard InChI is InChI=1S/C32H40N4O2S/c1-4-23(2)30(24-7-10-27(11-8-24)35-16-18-38-19-17-35)28-21-26(9-12-29(28)33-3)34-32(37)31(25-13-20-39-22-25)36-14-5-6-15-36/h7-13,20-22,31,33H,4-6,14-19H2,1-3H3,(H,34,37). The summed E-state index contributed by atoms with van der Waals surface area (Å²) in [5, 5.41) is 10.8. The van der Waals surface area contributed by atoms with E-state index in [0.717, 1.165) is 81.2 Å². The van der Waals surface area contributed by atoms with Gasteiger partial charge in [0.15, 0.2) is 0 Å². The molecule has 0 aliphatic carbocycles. The highest BCUT2D eigenvalue weighted by atomic mass is 32.1. The van der Waals surface area contributed by atoms with E-state index in [0.29, 0.717) is 0 Å². The van der Waals surface area contributed by atoms with Crippen LogP contribution >= 0.6 is 11.3 Å². The van der Waals surface area contributed by atoms with E-state index in [1.807, 2.05) is 13.1 Å². The predicted molar refractivity (Wildman–Crippen MR) is 164 cm³/mol. The second-order valence-electron chi connectivity index (χ2n) is 10.4. The number of benzene rings is 2. The molecule has 2 aliphatic rings. The summed E-state index contributed by atoms with van der Waals surface area (Å²) in [4.78, 5) is 18.4. The molecule has 2 aliphatic heterocycles. The van der Waals surface area contributed by atoms with E-state index in [4.69, 9.17) is 4.74 Å². The molecule has 39 heavy (non-hydrogen) atoms. The predicted octanol–water partition coefficient (Wildman–Crippen LogP) is 6.63. The van der Waals surface area contributed by atoms with E-state index in [1.165, 1.54) is 22.4 Å². The van der Waals surface area contributed by atoms with Gasteiger partial charge < -0.3 is 20.3 Å². The minimum absolute atomic E-state index is 0.0334. The van der Waals surface area contributed by atoms with Gasteiger partial charge >= 0.3 is 0 Å². The molecule has 3 aromatic rings. The van der Waals surface area contributed by atoms with Crippen LogP contribution in [0, 0.1) is 0 Å². The fourth-order valence-corrected chi connectivity index (χ4v) is 6.36. The zero-order valence-corrected chi connectivity index (χ0v) is 24.2. The van der Waals surface area contributed by atoms with Crippen LogP contribution in [0.4, 0.5) is 17.1 Å². The van der Waals surface area contributed by atoms with Gasteiger partial charge in [-0.05, 0) is 103 Å². The number of nitrogens with one attached hydrogen (secondary N) is 2. The number of carbonyl (C=O) groups excluding carboxylic acids is 1. The summed E-state index contributed by atoms with van der Waals surface area (Å²) in [6.07, 6.45) is 3.23. The summed E-state index contributed by atoms with van der Waals surface area (Å²) in [6, 6.07) is 16.9. The summed E-state index contributed by atoms with van der Waals surface area (Å²) >= 11 is 1.64. The molecule has 2 saturated heterocycles. The second kappa shape index (κ2) is 12.8. The fraction of sp³-hybridized carbons (Fsp3) is 0.406. The lowest BCUT2D eigenvalue weighted by atomic mass is 9.90. The molecule has 1 unspecified atom stereocenters. The molecule has 2 aromatic carbocycles. The number of ether oxygens (including phenoxy) is 1. The van der Waals surface area contributed by atoms with Gasteiger partial charge in [-0.15, -0.1) is 0 Å². The lowest BCUT2D eigenvalue weighted by molar-refractivity contribution is -0.121. The first kappa shape index (κ1) is 27.4. The molecule has 1 amide bonds. The SMILES string of the molecule is CCC(C)=C(c1ccc(N2CCOCC2)cc1)c1cc(NC(=O)C(c2ccsc2)N2CCCC2)ccc1NC. The number of allylic oxidation sites excluding steroid dienone is 1. The van der Waals surface area contributed by atoms with Crippen molar-refractivity contribution in [3.05, 3.63) is 81.6 Å². The van der Waals surface area contributed by atoms with Crippen molar-refractivity contribution in [3.63, 3.8) is 0 Å². The molecule has 0 spiro atoms. The summed E-state index contributed by atoms with van der Waals surface area (Å²) in [6.45, 7) is 9.71. The van der Waals surface area contributed by atoms with Gasteiger partial charge in [-0.25, -0.2) is 0 Å². The molecule has 0 saturated carbocycles. The van der Waals surface area contributed by atoms with Crippen LogP contribution in [0.3, 0.4) is 0 Å². The van der Waals surface area contributed by atoms with Crippen LogP contribution in [0.2, 0.25) is 0 Å². The normalized spacial score (nSPS) is 17.6. The van der Waals surface area contributed by atoms with Crippen molar-refractivity contribution < 1.29 is 9.53 Å². The number of rotatable bonds is 9. The van der Waals surface area contributed by atoms with Crippen molar-refractivity contribution in [3.8, 4) is 0 Å². The Morgan fingerprint density at radius 1 is 1.03 bits per heavy atom. The van der Waals surface area contributed by atoms with Gasteiger partial charge in [-0.3, -0.25) is 9.69 Å². The zero-order chi connectivity index (χ0) is 27.2. The first-order valence-corrected chi connectivity index (χ1v) is 15.1. The smallest absolute Gasteiger partial charge is 0.246 e. The van der Waals surface area contributed by atoms with Gasteiger partial charge in [-0.1, -0.05) is 24.6 Å². The minimum Gasteiger partial charge on any atom is -0.388 e. The van der Waals surface area contributed by atoms with Gasteiger partial charge in [0.2, 0.25) is 5.91 Å². The Morgan fingerprint density at radius 2 is 1.77 bits per heavy atom. The van der Waals surface area contributed by atoms with Crippen molar-refractivity contribution in [2.24, 2.45) is 0 Å². The molecule has 0 radical (unpaired) electrons. The van der Waals surface area contributed by atoms with Crippen LogP contribution in [0.1, 0.15) is 55.8 Å². The lowest BCUT2D eigenvalue weighted by Gasteiger charge is -2.29. The molecule has 206 valence electrons. The second-order valence-corrected chi connectivity index (χ2v) is 11.1. The van der Waals surface area contributed by atoms with Crippen LogP contribution in [0.15, 0.2) is 64.9 Å². The third-order valence-electron chi connectivity index (χ3n) is 7.93. The Balaban J connectivity index is 1.45. The van der Waals surface area contributed by atoms with E-state index < -0.39 is 0 Å². The number of hydrogen-bond acceptors (Lipinski definition) is 6. The fourth-order valence-electron chi connectivity index (χ4n) is 5.68. The number of nitrogens with zero attached hydrogens (tertiary/aromatic N) is 2. The van der Waals surface area contributed by atoms with Crippen molar-refractivity contribution >= 4 is 39.9 Å². The third kappa shape index (κ3) is 6.21. The molecule has 1 aromatic heterocycles. The topological polar surface area (TPSA) is 56.8 Å². The maximum atomic E-state index is 13.7. The molecule has 2 fully saturated rings. The largest absolute Gasteiger partial charge is 0.388 e. The Bertz CT molecular complexity index is 1270. The number of likely N-dealkylation sites (tertiary alicyclic amines) is 1. The van der Waals surface area contributed by atoms with Gasteiger partial charge in [-0.2, -0.15) is 11.3 Å². The molecule has 7 heteroatoms. The summed E-state index contributed by atoms with van der Waals surface area (Å²) in [5.41, 5.74) is 8.96. The number of hydrogen-bond donors (Lipinski definition) is 2. The number of morpholine rings is 1. The van der Waals surface area contributed by atoms with Crippen molar-refractivity contribution in [1.82, 2.24) is 4.90 Å². The molecule has 6 nitrogen and oxygen atoms in total. The van der Waals surface area contributed by atoms with Crippen LogP contribution in [0.5, 0.6) is 0 Å². The average Bonchev–Trinajstić information content (AvgIpc) is 3.70. The summed E-state index contributed by atoms with van der Waals surface area (Å²) in [5.74, 6) is 0.0334. The molecule has 0 bridgehead atoms. The first-order chi connectivity index (χ1) is 19.1. The highest BCUT2D eigenvalue weighted by Gasteiger charge is 2.30. The number of thiophene rings is 1. The molecule has 2 N–H and O–H groups in total. The Kier molecular flexibility index (Phi) is 9.02. The van der Waals surface area contributed by atoms with Crippen LogP contribution in [-0.2, 0) is 9.53 Å². The van der Waals surface area contributed by atoms with E-state index in [-0.39, 0.29) is 11.9 Å².